The van der Waals surface area contributed by atoms with Crippen molar-refractivity contribution in [1.82, 2.24) is 14.9 Å². The second kappa shape index (κ2) is 6.43. The summed E-state index contributed by atoms with van der Waals surface area (Å²) >= 11 is 0. The number of nitrogens with zero attached hydrogens (tertiary/aromatic N) is 2. The number of imidazole rings is 1. The van der Waals surface area contributed by atoms with Gasteiger partial charge in [-0.05, 0) is 24.6 Å². The molecule has 0 unspecified atom stereocenters. The van der Waals surface area contributed by atoms with E-state index in [1.807, 2.05) is 61.5 Å². The first-order valence-corrected chi connectivity index (χ1v) is 7.46. The monoisotopic (exact) mass is 293 g/mol. The minimum Gasteiger partial charge on any atom is -0.352 e. The van der Waals surface area contributed by atoms with E-state index < -0.39 is 0 Å². The molecule has 3 rings (SSSR count). The number of benzene rings is 2. The zero-order chi connectivity index (χ0) is 15.4. The summed E-state index contributed by atoms with van der Waals surface area (Å²) in [4.78, 5) is 16.5. The molecule has 0 aliphatic rings. The molecule has 0 fully saturated rings. The van der Waals surface area contributed by atoms with Gasteiger partial charge < -0.3 is 9.88 Å². The Labute approximate surface area is 129 Å². The van der Waals surface area contributed by atoms with Crippen LogP contribution in [0.4, 0.5) is 0 Å². The first kappa shape index (κ1) is 14.3. The number of nitrogens with one attached hydrogen (secondary N) is 1. The molecule has 0 saturated heterocycles. The Morgan fingerprint density at radius 1 is 1.09 bits per heavy atom. The van der Waals surface area contributed by atoms with Crippen molar-refractivity contribution in [3.63, 3.8) is 0 Å². The number of rotatable bonds is 5. The molecule has 1 amide bonds. The summed E-state index contributed by atoms with van der Waals surface area (Å²) in [5.74, 6) is 0.998. The molecule has 1 heterocycles. The molecule has 1 aromatic heterocycles. The molecule has 0 aliphatic carbocycles. The van der Waals surface area contributed by atoms with Crippen LogP contribution in [0.3, 0.4) is 0 Å². The predicted octanol–water partition coefficient (Wildman–Crippen LogP) is 3.05. The van der Waals surface area contributed by atoms with E-state index in [9.17, 15) is 4.79 Å². The first-order chi connectivity index (χ1) is 10.7. The van der Waals surface area contributed by atoms with Crippen molar-refractivity contribution < 1.29 is 4.79 Å². The fourth-order valence-corrected chi connectivity index (χ4v) is 2.58. The molecule has 3 aromatic rings. The average Bonchev–Trinajstić information content (AvgIpc) is 2.87. The summed E-state index contributed by atoms with van der Waals surface area (Å²) in [6.07, 6.45) is 0.452. The van der Waals surface area contributed by atoms with Crippen LogP contribution in [0.15, 0.2) is 54.6 Å². The second-order valence-corrected chi connectivity index (χ2v) is 5.31. The lowest BCUT2D eigenvalue weighted by atomic mass is 10.2. The number of carbonyl (C=O) groups is 1. The van der Waals surface area contributed by atoms with Gasteiger partial charge in [0.15, 0.2) is 0 Å². The van der Waals surface area contributed by atoms with E-state index in [0.717, 1.165) is 22.4 Å². The van der Waals surface area contributed by atoms with Crippen LogP contribution >= 0.6 is 0 Å². The summed E-state index contributed by atoms with van der Waals surface area (Å²) in [6, 6.07) is 17.9. The van der Waals surface area contributed by atoms with Crippen LogP contribution in [0.1, 0.15) is 17.8 Å². The zero-order valence-electron chi connectivity index (χ0n) is 12.6. The van der Waals surface area contributed by atoms with E-state index in [-0.39, 0.29) is 5.91 Å². The molecular formula is C18H19N3O. The normalized spacial score (nSPS) is 10.8. The maximum Gasteiger partial charge on any atom is 0.222 e. The van der Waals surface area contributed by atoms with Gasteiger partial charge in [-0.15, -0.1) is 0 Å². The Balaban J connectivity index is 1.59. The standard InChI is InChI=1S/C18H19N3O/c1-14-20-16-9-5-6-10-17(16)21(14)12-11-18(22)19-13-15-7-3-2-4-8-15/h2-10H,11-13H2,1H3,(H,19,22). The third-order valence-corrected chi connectivity index (χ3v) is 3.74. The van der Waals surface area contributed by atoms with Crippen LogP contribution in [0, 0.1) is 6.92 Å². The van der Waals surface area contributed by atoms with Gasteiger partial charge in [-0.1, -0.05) is 42.5 Å². The number of aromatic nitrogens is 2. The van der Waals surface area contributed by atoms with E-state index in [2.05, 4.69) is 14.9 Å². The SMILES string of the molecule is Cc1nc2ccccc2n1CCC(=O)NCc1ccccc1. The van der Waals surface area contributed by atoms with Crippen molar-refractivity contribution in [2.75, 3.05) is 0 Å². The van der Waals surface area contributed by atoms with E-state index in [1.165, 1.54) is 0 Å². The van der Waals surface area contributed by atoms with Crippen molar-refractivity contribution in [2.24, 2.45) is 0 Å². The minimum absolute atomic E-state index is 0.0565. The molecule has 0 radical (unpaired) electrons. The molecule has 0 saturated carbocycles. The van der Waals surface area contributed by atoms with Crippen molar-refractivity contribution in [2.45, 2.75) is 26.4 Å². The second-order valence-electron chi connectivity index (χ2n) is 5.31. The van der Waals surface area contributed by atoms with Crippen LogP contribution in [-0.4, -0.2) is 15.5 Å². The number of amides is 1. The molecule has 4 heteroatoms. The molecule has 22 heavy (non-hydrogen) atoms. The van der Waals surface area contributed by atoms with E-state index in [1.54, 1.807) is 0 Å². The van der Waals surface area contributed by atoms with Gasteiger partial charge in [-0.3, -0.25) is 4.79 Å². The van der Waals surface area contributed by atoms with Gasteiger partial charge in [0.2, 0.25) is 5.91 Å². The van der Waals surface area contributed by atoms with Crippen LogP contribution in [0.25, 0.3) is 11.0 Å². The number of fused-ring (bicyclic) bond motifs is 1. The Bertz CT molecular complexity index is 777. The van der Waals surface area contributed by atoms with Gasteiger partial charge in [0, 0.05) is 19.5 Å². The van der Waals surface area contributed by atoms with Crippen LogP contribution < -0.4 is 5.32 Å². The Kier molecular flexibility index (Phi) is 4.19. The highest BCUT2D eigenvalue weighted by Gasteiger charge is 2.08. The summed E-state index contributed by atoms with van der Waals surface area (Å²) < 4.78 is 2.09. The van der Waals surface area contributed by atoms with Crippen molar-refractivity contribution in [1.29, 1.82) is 0 Å². The summed E-state index contributed by atoms with van der Waals surface area (Å²) in [7, 11) is 0. The smallest absolute Gasteiger partial charge is 0.222 e. The molecule has 0 aliphatic heterocycles. The van der Waals surface area contributed by atoms with Crippen molar-refractivity contribution in [3.8, 4) is 0 Å². The molecule has 0 bridgehead atoms. The fraction of sp³-hybridized carbons (Fsp3) is 0.222. The highest BCUT2D eigenvalue weighted by Crippen LogP contribution is 2.15. The van der Waals surface area contributed by atoms with E-state index in [0.29, 0.717) is 19.5 Å². The van der Waals surface area contributed by atoms with Gasteiger partial charge in [0.25, 0.3) is 0 Å². The van der Waals surface area contributed by atoms with Crippen molar-refractivity contribution >= 4 is 16.9 Å². The first-order valence-electron chi connectivity index (χ1n) is 7.46. The van der Waals surface area contributed by atoms with Gasteiger partial charge in [0.05, 0.1) is 11.0 Å². The maximum absolute atomic E-state index is 12.0. The van der Waals surface area contributed by atoms with Gasteiger partial charge in [0.1, 0.15) is 5.82 Å². The lowest BCUT2D eigenvalue weighted by Crippen LogP contribution is -2.24. The van der Waals surface area contributed by atoms with Crippen LogP contribution in [-0.2, 0) is 17.9 Å². The molecule has 112 valence electrons. The maximum atomic E-state index is 12.0. The van der Waals surface area contributed by atoms with E-state index >= 15 is 0 Å². The Morgan fingerprint density at radius 3 is 2.64 bits per heavy atom. The summed E-state index contributed by atoms with van der Waals surface area (Å²) in [6.45, 7) is 3.19. The number of aryl methyl sites for hydroxylation is 2. The minimum atomic E-state index is 0.0565. The quantitative estimate of drug-likeness (QED) is 0.786. The predicted molar refractivity (Wildman–Crippen MR) is 87.4 cm³/mol. The van der Waals surface area contributed by atoms with Gasteiger partial charge >= 0.3 is 0 Å². The Hall–Kier alpha value is -2.62. The molecular weight excluding hydrogens is 274 g/mol. The largest absolute Gasteiger partial charge is 0.352 e. The highest BCUT2D eigenvalue weighted by atomic mass is 16.1. The van der Waals surface area contributed by atoms with Gasteiger partial charge in [-0.25, -0.2) is 4.98 Å². The molecule has 0 spiro atoms. The lowest BCUT2D eigenvalue weighted by Gasteiger charge is -2.08. The highest BCUT2D eigenvalue weighted by molar-refractivity contribution is 5.78. The summed E-state index contributed by atoms with van der Waals surface area (Å²) in [5, 5.41) is 2.96. The zero-order valence-corrected chi connectivity index (χ0v) is 12.6. The number of hydrogen-bond acceptors (Lipinski definition) is 2. The molecule has 0 atom stereocenters. The van der Waals surface area contributed by atoms with E-state index in [4.69, 9.17) is 0 Å². The third-order valence-electron chi connectivity index (χ3n) is 3.74. The van der Waals surface area contributed by atoms with Crippen LogP contribution in [0.2, 0.25) is 0 Å². The molecule has 2 aromatic carbocycles. The van der Waals surface area contributed by atoms with Gasteiger partial charge in [-0.2, -0.15) is 0 Å². The number of para-hydroxylation sites is 2. The number of hydrogen-bond donors (Lipinski definition) is 1. The number of carbonyl (C=O) groups excluding carboxylic acids is 1. The third kappa shape index (κ3) is 3.17. The fourth-order valence-electron chi connectivity index (χ4n) is 2.58. The van der Waals surface area contributed by atoms with Crippen LogP contribution in [0.5, 0.6) is 0 Å². The molecule has 4 nitrogen and oxygen atoms in total. The lowest BCUT2D eigenvalue weighted by molar-refractivity contribution is -0.121. The summed E-state index contributed by atoms with van der Waals surface area (Å²) in [5.41, 5.74) is 3.17. The topological polar surface area (TPSA) is 46.9 Å². The van der Waals surface area contributed by atoms with Crippen molar-refractivity contribution in [3.05, 3.63) is 66.0 Å². The Morgan fingerprint density at radius 2 is 1.82 bits per heavy atom. The molecule has 1 N–H and O–H groups in total. The average molecular weight is 293 g/mol.